The number of nitrogens with zero attached hydrogens (tertiary/aromatic N) is 1. The second-order valence-electron chi connectivity index (χ2n) is 12.2. The maximum atomic E-state index is 14.2. The number of carbonyl (C=O) groups is 5. The number of hydrogen-bond acceptors (Lipinski definition) is 7. The molecule has 2 heterocycles. The van der Waals surface area contributed by atoms with Gasteiger partial charge in [-0.1, -0.05) is 60.7 Å². The first-order valence-electron chi connectivity index (χ1n) is 16.2. The van der Waals surface area contributed by atoms with E-state index in [0.717, 1.165) is 22.0 Å². The van der Waals surface area contributed by atoms with E-state index in [-0.39, 0.29) is 31.6 Å². The van der Waals surface area contributed by atoms with Crippen LogP contribution >= 0.6 is 0 Å². The van der Waals surface area contributed by atoms with Crippen LogP contribution in [0.25, 0.3) is 10.9 Å². The topological polar surface area (TPSA) is 213 Å². The highest BCUT2D eigenvalue weighted by molar-refractivity contribution is 5.96. The number of aromatic amines is 1. The van der Waals surface area contributed by atoms with E-state index in [1.54, 1.807) is 18.3 Å². The number of aromatic nitrogens is 1. The average Bonchev–Trinajstić information content (AvgIpc) is 3.75. The van der Waals surface area contributed by atoms with Crippen LogP contribution in [-0.2, 0) is 43.2 Å². The van der Waals surface area contributed by atoms with Gasteiger partial charge < -0.3 is 42.4 Å². The molecule has 0 unspecified atom stereocenters. The van der Waals surface area contributed by atoms with Crippen molar-refractivity contribution in [3.63, 3.8) is 0 Å². The Morgan fingerprint density at radius 3 is 2.27 bits per heavy atom. The zero-order valence-electron chi connectivity index (χ0n) is 26.9. The Morgan fingerprint density at radius 1 is 0.837 bits per heavy atom. The number of phenols is 1. The highest BCUT2D eigenvalue weighted by atomic mass is 16.3. The van der Waals surface area contributed by atoms with Crippen LogP contribution in [-0.4, -0.2) is 81.8 Å². The zero-order valence-corrected chi connectivity index (χ0v) is 26.9. The summed E-state index contributed by atoms with van der Waals surface area (Å²) in [5, 5.41) is 18.7. The van der Waals surface area contributed by atoms with Crippen LogP contribution < -0.4 is 27.4 Å². The highest BCUT2D eigenvalue weighted by Crippen LogP contribution is 2.23. The van der Waals surface area contributed by atoms with Gasteiger partial charge in [0.25, 0.3) is 0 Å². The summed E-state index contributed by atoms with van der Waals surface area (Å²) in [6.45, 7) is -0.145. The number of primary amides is 1. The van der Waals surface area contributed by atoms with Gasteiger partial charge in [-0.15, -0.1) is 0 Å². The number of aromatic hydroxyl groups is 1. The van der Waals surface area contributed by atoms with Gasteiger partial charge in [-0.05, 0) is 54.2 Å². The quantitative estimate of drug-likeness (QED) is 0.103. The van der Waals surface area contributed by atoms with Crippen molar-refractivity contribution < 1.29 is 29.1 Å². The summed E-state index contributed by atoms with van der Waals surface area (Å²) in [4.78, 5) is 70.5. The number of nitrogens with one attached hydrogen (secondary N) is 4. The zero-order chi connectivity index (χ0) is 34.9. The molecule has 0 aliphatic carbocycles. The number of hydrogen-bond donors (Lipinski definition) is 7. The van der Waals surface area contributed by atoms with Crippen molar-refractivity contribution in [1.29, 1.82) is 0 Å². The summed E-state index contributed by atoms with van der Waals surface area (Å²) in [5.41, 5.74) is 14.7. The Labute approximate surface area is 283 Å². The summed E-state index contributed by atoms with van der Waals surface area (Å²) < 4.78 is 0. The molecule has 0 radical (unpaired) electrons. The maximum absolute atomic E-state index is 14.2. The standard InChI is InChI=1S/C36H41N7O6/c37-27(17-22-7-2-1-3-8-22)33(46)42-30(18-23-12-14-25(44)15-13-23)36(49)43-16-6-11-31(43)35(48)41-29(34(47)40-21-32(38)45)19-24-20-39-28-10-5-4-9-26(24)28/h1-5,7-10,12-15,20,27,29-31,39,44H,6,11,16-19,21,37H2,(H2,38,45)(H,40,47)(H,41,48)(H,42,46)/t27-,29-,30-,31-/m0/s1. The molecule has 0 spiro atoms. The molecule has 1 saturated heterocycles. The molecule has 49 heavy (non-hydrogen) atoms. The molecule has 3 aromatic carbocycles. The van der Waals surface area contributed by atoms with E-state index in [1.807, 2.05) is 54.6 Å². The number of rotatable bonds is 14. The van der Waals surface area contributed by atoms with Gasteiger partial charge in [-0.25, -0.2) is 0 Å². The van der Waals surface area contributed by atoms with Crippen molar-refractivity contribution in [1.82, 2.24) is 25.8 Å². The van der Waals surface area contributed by atoms with Gasteiger partial charge in [0.15, 0.2) is 0 Å². The lowest BCUT2D eigenvalue weighted by atomic mass is 10.0. The third kappa shape index (κ3) is 9.02. The van der Waals surface area contributed by atoms with E-state index in [9.17, 15) is 29.1 Å². The summed E-state index contributed by atoms with van der Waals surface area (Å²) in [5.74, 6) is -2.82. The fraction of sp³-hybridized carbons (Fsp3) is 0.306. The number of fused-ring (bicyclic) bond motifs is 1. The molecule has 5 rings (SSSR count). The first kappa shape index (κ1) is 34.6. The lowest BCUT2D eigenvalue weighted by Gasteiger charge is -2.30. The van der Waals surface area contributed by atoms with Crippen LogP contribution in [0.4, 0.5) is 0 Å². The Bertz CT molecular complexity index is 1790. The molecular weight excluding hydrogens is 626 g/mol. The van der Waals surface area contributed by atoms with Gasteiger partial charge in [0, 0.05) is 36.5 Å². The van der Waals surface area contributed by atoms with E-state index in [0.29, 0.717) is 18.4 Å². The summed E-state index contributed by atoms with van der Waals surface area (Å²) in [7, 11) is 0. The van der Waals surface area contributed by atoms with Crippen LogP contribution in [0.3, 0.4) is 0 Å². The number of phenolic OH excluding ortho intramolecular Hbond substituents is 1. The first-order valence-corrected chi connectivity index (χ1v) is 16.2. The summed E-state index contributed by atoms with van der Waals surface area (Å²) in [6.07, 6.45) is 3.09. The van der Waals surface area contributed by atoms with Crippen LogP contribution in [0, 0.1) is 0 Å². The molecule has 5 amide bonds. The molecule has 4 atom stereocenters. The number of H-pyrrole nitrogens is 1. The Balaban J connectivity index is 1.33. The molecule has 1 aliphatic heterocycles. The van der Waals surface area contributed by atoms with E-state index >= 15 is 0 Å². The fourth-order valence-corrected chi connectivity index (χ4v) is 6.11. The van der Waals surface area contributed by atoms with Gasteiger partial charge in [-0.3, -0.25) is 24.0 Å². The number of amides is 5. The smallest absolute Gasteiger partial charge is 0.246 e. The van der Waals surface area contributed by atoms with E-state index in [4.69, 9.17) is 11.5 Å². The van der Waals surface area contributed by atoms with Crippen LogP contribution in [0.5, 0.6) is 5.75 Å². The average molecular weight is 668 g/mol. The van der Waals surface area contributed by atoms with E-state index in [1.165, 1.54) is 17.0 Å². The minimum absolute atomic E-state index is 0.0545. The van der Waals surface area contributed by atoms with Crippen molar-refractivity contribution in [2.24, 2.45) is 11.5 Å². The lowest BCUT2D eigenvalue weighted by Crippen LogP contribution is -2.58. The Morgan fingerprint density at radius 2 is 1.53 bits per heavy atom. The molecular formula is C36H41N7O6. The molecule has 4 aromatic rings. The first-order chi connectivity index (χ1) is 23.6. The van der Waals surface area contributed by atoms with E-state index in [2.05, 4.69) is 20.9 Å². The minimum atomic E-state index is -1.08. The van der Waals surface area contributed by atoms with Crippen LogP contribution in [0.15, 0.2) is 85.1 Å². The highest BCUT2D eigenvalue weighted by Gasteiger charge is 2.39. The molecule has 1 fully saturated rings. The van der Waals surface area contributed by atoms with Gasteiger partial charge in [-0.2, -0.15) is 0 Å². The van der Waals surface area contributed by atoms with Crippen LogP contribution in [0.2, 0.25) is 0 Å². The van der Waals surface area contributed by atoms with Gasteiger partial charge in [0.1, 0.15) is 23.9 Å². The second-order valence-corrected chi connectivity index (χ2v) is 12.2. The molecule has 1 aromatic heterocycles. The van der Waals surface area contributed by atoms with Crippen molar-refractivity contribution >= 4 is 40.4 Å². The van der Waals surface area contributed by atoms with E-state index < -0.39 is 60.2 Å². The Kier molecular flexibility index (Phi) is 11.3. The molecule has 1 aliphatic rings. The van der Waals surface area contributed by atoms with Gasteiger partial charge in [0.05, 0.1) is 12.6 Å². The molecule has 13 heteroatoms. The maximum Gasteiger partial charge on any atom is 0.246 e. The monoisotopic (exact) mass is 667 g/mol. The molecule has 256 valence electrons. The van der Waals surface area contributed by atoms with Crippen molar-refractivity contribution in [2.75, 3.05) is 13.1 Å². The van der Waals surface area contributed by atoms with Crippen molar-refractivity contribution in [2.45, 2.75) is 56.3 Å². The predicted octanol–water partition coefficient (Wildman–Crippen LogP) is 0.791. The van der Waals surface area contributed by atoms with Gasteiger partial charge in [0.2, 0.25) is 29.5 Å². The van der Waals surface area contributed by atoms with Crippen molar-refractivity contribution in [3.8, 4) is 5.75 Å². The lowest BCUT2D eigenvalue weighted by molar-refractivity contribution is -0.142. The predicted molar refractivity (Wildman–Crippen MR) is 183 cm³/mol. The third-order valence-corrected chi connectivity index (χ3v) is 8.63. The second kappa shape index (κ2) is 15.9. The molecule has 0 saturated carbocycles. The number of nitrogens with two attached hydrogens (primary N) is 2. The van der Waals surface area contributed by atoms with Gasteiger partial charge >= 0.3 is 0 Å². The largest absolute Gasteiger partial charge is 0.508 e. The minimum Gasteiger partial charge on any atom is -0.508 e. The molecule has 9 N–H and O–H groups in total. The summed E-state index contributed by atoms with van der Waals surface area (Å²) >= 11 is 0. The number of carbonyl (C=O) groups excluding carboxylic acids is 5. The fourth-order valence-electron chi connectivity index (χ4n) is 6.11. The number of benzene rings is 3. The third-order valence-electron chi connectivity index (χ3n) is 8.63. The normalized spacial score (nSPS) is 16.0. The number of para-hydroxylation sites is 1. The van der Waals surface area contributed by atoms with Crippen LogP contribution in [0.1, 0.15) is 29.5 Å². The van der Waals surface area contributed by atoms with Crippen molar-refractivity contribution in [3.05, 3.63) is 102 Å². The Hall–Kier alpha value is -5.69. The molecule has 0 bridgehead atoms. The number of likely N-dealkylation sites (tertiary alicyclic amines) is 1. The summed E-state index contributed by atoms with van der Waals surface area (Å²) in [6, 6.07) is 19.1. The SMILES string of the molecule is NC(=O)CNC(=O)[C@H](Cc1c[nH]c2ccccc12)NC(=O)[C@@H]1CCCN1C(=O)[C@H](Cc1ccc(O)cc1)NC(=O)[C@@H](N)Cc1ccccc1. The molecule has 13 nitrogen and oxygen atoms in total.